The summed E-state index contributed by atoms with van der Waals surface area (Å²) in [5, 5.41) is 23.0. The third-order valence-corrected chi connectivity index (χ3v) is 7.54. The second-order valence-electron chi connectivity index (χ2n) is 11.0. The lowest BCUT2D eigenvalue weighted by Gasteiger charge is -2.43. The molecule has 0 spiro atoms. The number of hydrogen-bond donors (Lipinski definition) is 2. The normalized spacial score (nSPS) is 35.8. The van der Waals surface area contributed by atoms with E-state index in [2.05, 4.69) is 32.6 Å². The molecule has 2 saturated carbocycles. The molecule has 2 unspecified atom stereocenters. The van der Waals surface area contributed by atoms with E-state index in [1.54, 1.807) is 5.57 Å². The topological polar surface area (TPSA) is 70.0 Å². The first-order valence-electron chi connectivity index (χ1n) is 12.0. The van der Waals surface area contributed by atoms with E-state index in [9.17, 15) is 15.0 Å². The summed E-state index contributed by atoms with van der Waals surface area (Å²) < 4.78 is 0. The highest BCUT2D eigenvalue weighted by atomic mass is 16.8. The fraction of sp³-hybridized carbons (Fsp3) is 0.667. The van der Waals surface area contributed by atoms with Crippen LogP contribution in [0.5, 0.6) is 0 Å². The van der Waals surface area contributed by atoms with Gasteiger partial charge in [-0.15, -0.1) is 0 Å². The van der Waals surface area contributed by atoms with Gasteiger partial charge in [-0.2, -0.15) is 0 Å². The lowest BCUT2D eigenvalue weighted by atomic mass is 9.64. The van der Waals surface area contributed by atoms with Gasteiger partial charge in [-0.1, -0.05) is 49.8 Å². The molecule has 3 rings (SSSR count). The standard InChI is InChI=1S/C27H41NO4/c1-8-22-13-14-23-20(10-9-15-26(22,23)7)11-12-21-16-27(31,17-24(30)18(21)2)32-28(19(3)29)25(4,5)6/h11-13,23-24,30-31H,2,8-10,14-17H2,1,3-7H3/t23?,24-,26-,27?/m1/s1. The molecule has 2 fully saturated rings. The van der Waals surface area contributed by atoms with Gasteiger partial charge in [0.1, 0.15) is 0 Å². The number of hydrogen-bond acceptors (Lipinski definition) is 4. The molecule has 0 heterocycles. The van der Waals surface area contributed by atoms with Crippen molar-refractivity contribution in [2.24, 2.45) is 11.3 Å². The smallest absolute Gasteiger partial charge is 0.243 e. The molecule has 0 bridgehead atoms. The van der Waals surface area contributed by atoms with Crippen molar-refractivity contribution in [3.63, 3.8) is 0 Å². The van der Waals surface area contributed by atoms with Gasteiger partial charge in [0.15, 0.2) is 5.79 Å². The highest BCUT2D eigenvalue weighted by molar-refractivity contribution is 5.72. The zero-order chi connectivity index (χ0) is 23.9. The Bertz CT molecular complexity index is 861. The number of aliphatic hydroxyl groups is 2. The molecule has 32 heavy (non-hydrogen) atoms. The van der Waals surface area contributed by atoms with Crippen LogP contribution in [0.2, 0.25) is 0 Å². The molecule has 0 radical (unpaired) electrons. The van der Waals surface area contributed by atoms with Crippen molar-refractivity contribution in [3.05, 3.63) is 47.1 Å². The van der Waals surface area contributed by atoms with Crippen LogP contribution >= 0.6 is 0 Å². The average molecular weight is 444 g/mol. The average Bonchev–Trinajstić information content (AvgIpc) is 3.03. The van der Waals surface area contributed by atoms with Crippen LogP contribution in [0.4, 0.5) is 0 Å². The summed E-state index contributed by atoms with van der Waals surface area (Å²) in [5.41, 5.74) is 4.02. The van der Waals surface area contributed by atoms with E-state index in [-0.39, 0.29) is 24.2 Å². The van der Waals surface area contributed by atoms with Gasteiger partial charge in [0, 0.05) is 19.8 Å². The molecular weight excluding hydrogens is 402 g/mol. The summed E-state index contributed by atoms with van der Waals surface area (Å²) in [6.45, 7) is 15.7. The maximum absolute atomic E-state index is 12.1. The second-order valence-corrected chi connectivity index (χ2v) is 11.0. The zero-order valence-corrected chi connectivity index (χ0v) is 20.7. The summed E-state index contributed by atoms with van der Waals surface area (Å²) in [6.07, 6.45) is 11.5. The Morgan fingerprint density at radius 3 is 2.66 bits per heavy atom. The lowest BCUT2D eigenvalue weighted by Crippen LogP contribution is -2.53. The first kappa shape index (κ1) is 24.9. The van der Waals surface area contributed by atoms with Gasteiger partial charge in [0.2, 0.25) is 5.91 Å². The number of rotatable bonds is 4. The first-order valence-corrected chi connectivity index (χ1v) is 12.0. The largest absolute Gasteiger partial charge is 0.388 e. The summed E-state index contributed by atoms with van der Waals surface area (Å²) in [4.78, 5) is 18.0. The van der Waals surface area contributed by atoms with E-state index in [1.807, 2.05) is 26.8 Å². The van der Waals surface area contributed by atoms with Crippen LogP contribution in [-0.2, 0) is 9.63 Å². The SMILES string of the molecule is C=C1C(=CC=C2CCC[C@]3(C)C(CC)=CCC23)CC(O)(ON(C(C)=O)C(C)(C)C)C[C@H]1O. The van der Waals surface area contributed by atoms with Crippen LogP contribution in [0.1, 0.15) is 86.5 Å². The molecule has 5 nitrogen and oxygen atoms in total. The third-order valence-electron chi connectivity index (χ3n) is 7.54. The van der Waals surface area contributed by atoms with Crippen molar-refractivity contribution >= 4 is 5.91 Å². The van der Waals surface area contributed by atoms with Gasteiger partial charge < -0.3 is 10.2 Å². The maximum atomic E-state index is 12.1. The maximum Gasteiger partial charge on any atom is 0.243 e. The van der Waals surface area contributed by atoms with E-state index in [4.69, 9.17) is 4.84 Å². The number of hydroxylamine groups is 2. The molecule has 0 aliphatic heterocycles. The number of allylic oxidation sites excluding steroid dienone is 5. The number of fused-ring (bicyclic) bond motifs is 1. The molecule has 0 aromatic heterocycles. The zero-order valence-electron chi connectivity index (χ0n) is 20.7. The Balaban J connectivity index is 1.85. The highest BCUT2D eigenvalue weighted by Gasteiger charge is 2.45. The van der Waals surface area contributed by atoms with Gasteiger partial charge in [0.25, 0.3) is 0 Å². The van der Waals surface area contributed by atoms with Crippen LogP contribution in [-0.4, -0.2) is 38.6 Å². The Kier molecular flexibility index (Phi) is 6.95. The quantitative estimate of drug-likeness (QED) is 0.348. The summed E-state index contributed by atoms with van der Waals surface area (Å²) in [6, 6.07) is 0. The van der Waals surface area contributed by atoms with Crippen LogP contribution in [0.25, 0.3) is 0 Å². The summed E-state index contributed by atoms with van der Waals surface area (Å²) in [7, 11) is 0. The second kappa shape index (κ2) is 8.92. The summed E-state index contributed by atoms with van der Waals surface area (Å²) in [5.74, 6) is -1.44. The van der Waals surface area contributed by atoms with Crippen molar-refractivity contribution in [2.45, 2.75) is 104 Å². The Hall–Kier alpha value is -1.69. The molecular formula is C27H41NO4. The van der Waals surface area contributed by atoms with Gasteiger partial charge in [0.05, 0.1) is 11.6 Å². The molecule has 0 saturated heterocycles. The van der Waals surface area contributed by atoms with E-state index < -0.39 is 17.4 Å². The number of nitrogens with zero attached hydrogens (tertiary/aromatic N) is 1. The van der Waals surface area contributed by atoms with Crippen LogP contribution in [0.3, 0.4) is 0 Å². The van der Waals surface area contributed by atoms with Gasteiger partial charge in [-0.3, -0.25) is 4.79 Å². The lowest BCUT2D eigenvalue weighted by molar-refractivity contribution is -0.344. The molecule has 178 valence electrons. The predicted octanol–water partition coefficient (Wildman–Crippen LogP) is 5.36. The molecule has 3 aliphatic carbocycles. The number of carbonyl (C=O) groups is 1. The number of aliphatic hydroxyl groups excluding tert-OH is 1. The van der Waals surface area contributed by atoms with E-state index in [0.717, 1.165) is 24.8 Å². The van der Waals surface area contributed by atoms with Crippen LogP contribution in [0.15, 0.2) is 47.1 Å². The van der Waals surface area contributed by atoms with Crippen LogP contribution in [0, 0.1) is 11.3 Å². The molecule has 4 atom stereocenters. The highest BCUT2D eigenvalue weighted by Crippen LogP contribution is 2.55. The Labute approximate surface area is 193 Å². The van der Waals surface area contributed by atoms with E-state index in [0.29, 0.717) is 11.5 Å². The van der Waals surface area contributed by atoms with E-state index >= 15 is 0 Å². The minimum atomic E-state index is -1.67. The fourth-order valence-corrected chi connectivity index (χ4v) is 5.86. The molecule has 1 amide bonds. The first-order chi connectivity index (χ1) is 14.8. The van der Waals surface area contributed by atoms with Crippen LogP contribution < -0.4 is 0 Å². The predicted molar refractivity (Wildman–Crippen MR) is 127 cm³/mol. The molecule has 2 N–H and O–H groups in total. The summed E-state index contributed by atoms with van der Waals surface area (Å²) >= 11 is 0. The minimum Gasteiger partial charge on any atom is -0.388 e. The van der Waals surface area contributed by atoms with Gasteiger partial charge >= 0.3 is 0 Å². The van der Waals surface area contributed by atoms with Crippen molar-refractivity contribution in [1.29, 1.82) is 0 Å². The minimum absolute atomic E-state index is 0.0237. The molecule has 5 heteroatoms. The number of carbonyl (C=O) groups excluding carboxylic acids is 1. The Morgan fingerprint density at radius 2 is 2.06 bits per heavy atom. The van der Waals surface area contributed by atoms with Crippen molar-refractivity contribution < 1.29 is 19.8 Å². The number of amides is 1. The third kappa shape index (κ3) is 4.80. The van der Waals surface area contributed by atoms with Gasteiger partial charge in [-0.05, 0) is 75.4 Å². The van der Waals surface area contributed by atoms with Gasteiger partial charge in [-0.25, -0.2) is 9.90 Å². The fourth-order valence-electron chi connectivity index (χ4n) is 5.86. The van der Waals surface area contributed by atoms with Crippen molar-refractivity contribution in [3.8, 4) is 0 Å². The van der Waals surface area contributed by atoms with Crippen molar-refractivity contribution in [1.82, 2.24) is 5.06 Å². The molecule has 0 aromatic carbocycles. The Morgan fingerprint density at radius 1 is 1.38 bits per heavy atom. The van der Waals surface area contributed by atoms with E-state index in [1.165, 1.54) is 30.4 Å². The molecule has 0 aromatic rings. The monoisotopic (exact) mass is 443 g/mol. The van der Waals surface area contributed by atoms with Crippen molar-refractivity contribution in [2.75, 3.05) is 0 Å². The molecule has 3 aliphatic rings.